The second-order valence-electron chi connectivity index (χ2n) is 4.93. The molecule has 0 aliphatic rings. The monoisotopic (exact) mass is 266 g/mol. The van der Waals surface area contributed by atoms with Crippen LogP contribution in [0.5, 0.6) is 11.5 Å². The zero-order valence-electron chi connectivity index (χ0n) is 12.7. The van der Waals surface area contributed by atoms with E-state index >= 15 is 0 Å². The summed E-state index contributed by atoms with van der Waals surface area (Å²) in [4.78, 5) is 2.29. The maximum atomic E-state index is 5.61. The van der Waals surface area contributed by atoms with Gasteiger partial charge in [-0.25, -0.2) is 0 Å². The van der Waals surface area contributed by atoms with Gasteiger partial charge in [-0.3, -0.25) is 4.90 Å². The summed E-state index contributed by atoms with van der Waals surface area (Å²) >= 11 is 0. The molecular formula is C15H26N2O2. The molecule has 4 nitrogen and oxygen atoms in total. The Hall–Kier alpha value is -1.26. The summed E-state index contributed by atoms with van der Waals surface area (Å²) in [6.45, 7) is 5.76. The minimum absolute atomic E-state index is 0.456. The maximum Gasteiger partial charge on any atom is 0.129 e. The first kappa shape index (κ1) is 15.8. The molecule has 1 aromatic carbocycles. The second kappa shape index (κ2) is 7.36. The van der Waals surface area contributed by atoms with Crippen molar-refractivity contribution in [3.8, 4) is 11.5 Å². The maximum absolute atomic E-state index is 5.61. The molecular weight excluding hydrogens is 240 g/mol. The van der Waals surface area contributed by atoms with Crippen LogP contribution < -0.4 is 15.2 Å². The Morgan fingerprint density at radius 3 is 2.47 bits per heavy atom. The van der Waals surface area contributed by atoms with E-state index in [9.17, 15) is 0 Å². The molecule has 0 bridgehead atoms. The molecule has 2 N–H and O–H groups in total. The van der Waals surface area contributed by atoms with Crippen molar-refractivity contribution in [3.63, 3.8) is 0 Å². The molecule has 1 rings (SSSR count). The first-order valence-corrected chi connectivity index (χ1v) is 6.65. The highest BCUT2D eigenvalue weighted by Gasteiger charge is 2.15. The van der Waals surface area contributed by atoms with E-state index in [1.54, 1.807) is 14.2 Å². The zero-order chi connectivity index (χ0) is 14.4. The van der Waals surface area contributed by atoms with Gasteiger partial charge in [0, 0.05) is 23.7 Å². The molecule has 0 heterocycles. The minimum atomic E-state index is 0.456. The van der Waals surface area contributed by atoms with Gasteiger partial charge in [-0.2, -0.15) is 0 Å². The van der Waals surface area contributed by atoms with Gasteiger partial charge in [0.25, 0.3) is 0 Å². The van der Waals surface area contributed by atoms with Crippen LogP contribution in [0.2, 0.25) is 0 Å². The van der Waals surface area contributed by atoms with Gasteiger partial charge in [0.2, 0.25) is 0 Å². The fourth-order valence-corrected chi connectivity index (χ4v) is 2.25. The van der Waals surface area contributed by atoms with E-state index < -0.39 is 0 Å². The third-order valence-corrected chi connectivity index (χ3v) is 3.62. The van der Waals surface area contributed by atoms with Crippen molar-refractivity contribution in [3.05, 3.63) is 23.3 Å². The molecule has 0 aliphatic heterocycles. The van der Waals surface area contributed by atoms with Gasteiger partial charge in [-0.1, -0.05) is 6.07 Å². The molecule has 108 valence electrons. The van der Waals surface area contributed by atoms with Gasteiger partial charge in [0.1, 0.15) is 11.5 Å². The van der Waals surface area contributed by atoms with Crippen molar-refractivity contribution in [2.75, 3.05) is 27.8 Å². The highest BCUT2D eigenvalue weighted by Crippen LogP contribution is 2.32. The van der Waals surface area contributed by atoms with Crippen LogP contribution in [0.4, 0.5) is 0 Å². The van der Waals surface area contributed by atoms with E-state index in [0.717, 1.165) is 30.0 Å². The lowest BCUT2D eigenvalue weighted by molar-refractivity contribution is 0.236. The number of hydrogen-bond acceptors (Lipinski definition) is 4. The number of hydrogen-bond donors (Lipinski definition) is 1. The fourth-order valence-electron chi connectivity index (χ4n) is 2.25. The topological polar surface area (TPSA) is 47.7 Å². The zero-order valence-corrected chi connectivity index (χ0v) is 12.7. The van der Waals surface area contributed by atoms with E-state index in [4.69, 9.17) is 15.2 Å². The highest BCUT2D eigenvalue weighted by atomic mass is 16.5. The number of benzene rings is 1. The van der Waals surface area contributed by atoms with Crippen LogP contribution in [0, 0.1) is 6.92 Å². The Balaban J connectivity index is 2.92. The predicted octanol–water partition coefficient (Wildman–Crippen LogP) is 2.18. The first-order valence-electron chi connectivity index (χ1n) is 6.65. The summed E-state index contributed by atoms with van der Waals surface area (Å²) in [6, 6.07) is 4.52. The molecule has 0 spiro atoms. The number of nitrogens with zero attached hydrogens (tertiary/aromatic N) is 1. The second-order valence-corrected chi connectivity index (χ2v) is 4.93. The number of rotatable bonds is 7. The largest absolute Gasteiger partial charge is 0.496 e. The van der Waals surface area contributed by atoms with Crippen molar-refractivity contribution in [2.24, 2.45) is 5.73 Å². The van der Waals surface area contributed by atoms with Crippen molar-refractivity contribution in [1.29, 1.82) is 0 Å². The molecule has 0 radical (unpaired) electrons. The molecule has 4 heteroatoms. The third-order valence-electron chi connectivity index (χ3n) is 3.62. The fraction of sp³-hybridized carbons (Fsp3) is 0.600. The van der Waals surface area contributed by atoms with E-state index in [2.05, 4.69) is 24.9 Å². The van der Waals surface area contributed by atoms with Crippen LogP contribution >= 0.6 is 0 Å². The number of nitrogens with two attached hydrogens (primary N) is 1. The van der Waals surface area contributed by atoms with Crippen molar-refractivity contribution < 1.29 is 9.47 Å². The molecule has 0 fully saturated rings. The third kappa shape index (κ3) is 3.85. The van der Waals surface area contributed by atoms with Gasteiger partial charge in [-0.05, 0) is 39.9 Å². The highest BCUT2D eigenvalue weighted by molar-refractivity contribution is 5.49. The Kier molecular flexibility index (Phi) is 6.12. The van der Waals surface area contributed by atoms with Crippen LogP contribution in [0.3, 0.4) is 0 Å². The van der Waals surface area contributed by atoms with Gasteiger partial charge in [0.15, 0.2) is 0 Å². The molecule has 19 heavy (non-hydrogen) atoms. The van der Waals surface area contributed by atoms with Gasteiger partial charge in [-0.15, -0.1) is 0 Å². The van der Waals surface area contributed by atoms with Crippen molar-refractivity contribution >= 4 is 0 Å². The SMILES string of the molecule is COc1ccc(CN(C)C(C)CCN)c(OC)c1C. The van der Waals surface area contributed by atoms with E-state index in [-0.39, 0.29) is 0 Å². The summed E-state index contributed by atoms with van der Waals surface area (Å²) < 4.78 is 10.9. The van der Waals surface area contributed by atoms with Crippen LogP contribution in [0.25, 0.3) is 0 Å². The summed E-state index contributed by atoms with van der Waals surface area (Å²) in [7, 11) is 5.49. The Bertz CT molecular complexity index is 407. The summed E-state index contributed by atoms with van der Waals surface area (Å²) in [6.07, 6.45) is 0.994. The van der Waals surface area contributed by atoms with Crippen molar-refractivity contribution in [2.45, 2.75) is 32.9 Å². The summed E-state index contributed by atoms with van der Waals surface area (Å²) in [5.74, 6) is 1.77. The van der Waals surface area contributed by atoms with E-state index in [1.165, 1.54) is 5.56 Å². The van der Waals surface area contributed by atoms with Crippen LogP contribution in [0.1, 0.15) is 24.5 Å². The van der Waals surface area contributed by atoms with Crippen LogP contribution in [0.15, 0.2) is 12.1 Å². The van der Waals surface area contributed by atoms with E-state index in [1.807, 2.05) is 13.0 Å². The van der Waals surface area contributed by atoms with E-state index in [0.29, 0.717) is 12.6 Å². The van der Waals surface area contributed by atoms with Gasteiger partial charge < -0.3 is 15.2 Å². The summed E-state index contributed by atoms with van der Waals surface area (Å²) in [5.41, 5.74) is 7.83. The molecule has 0 saturated carbocycles. The molecule has 1 atom stereocenters. The Morgan fingerprint density at radius 2 is 1.95 bits per heavy atom. The van der Waals surface area contributed by atoms with Crippen LogP contribution in [-0.2, 0) is 6.54 Å². The lowest BCUT2D eigenvalue weighted by Crippen LogP contribution is -2.30. The number of ether oxygens (including phenoxy) is 2. The normalized spacial score (nSPS) is 12.6. The molecule has 1 unspecified atom stereocenters. The predicted molar refractivity (Wildman–Crippen MR) is 78.9 cm³/mol. The first-order chi connectivity index (χ1) is 9.04. The Labute approximate surface area is 116 Å². The smallest absolute Gasteiger partial charge is 0.129 e. The average Bonchev–Trinajstić information content (AvgIpc) is 2.39. The molecule has 0 amide bonds. The van der Waals surface area contributed by atoms with Gasteiger partial charge in [0.05, 0.1) is 14.2 Å². The van der Waals surface area contributed by atoms with Gasteiger partial charge >= 0.3 is 0 Å². The van der Waals surface area contributed by atoms with Crippen LogP contribution in [-0.4, -0.2) is 38.8 Å². The lowest BCUT2D eigenvalue weighted by atomic mass is 10.1. The van der Waals surface area contributed by atoms with Crippen molar-refractivity contribution in [1.82, 2.24) is 4.90 Å². The minimum Gasteiger partial charge on any atom is -0.496 e. The molecule has 0 saturated heterocycles. The molecule has 0 aliphatic carbocycles. The average molecular weight is 266 g/mol. The quantitative estimate of drug-likeness (QED) is 0.822. The molecule has 0 aromatic heterocycles. The Morgan fingerprint density at radius 1 is 1.26 bits per heavy atom. The number of methoxy groups -OCH3 is 2. The lowest BCUT2D eigenvalue weighted by Gasteiger charge is -2.25. The standard InChI is InChI=1S/C15H26N2O2/c1-11(8-9-16)17(3)10-13-6-7-14(18-4)12(2)15(13)19-5/h6-7,11H,8-10,16H2,1-5H3. The molecule has 1 aromatic rings. The summed E-state index contributed by atoms with van der Waals surface area (Å²) in [5, 5.41) is 0.